The quantitative estimate of drug-likeness (QED) is 0.611. The predicted molar refractivity (Wildman–Crippen MR) is 118 cm³/mol. The van der Waals surface area contributed by atoms with Gasteiger partial charge in [0.05, 0.1) is 13.2 Å². The van der Waals surface area contributed by atoms with Gasteiger partial charge in [-0.15, -0.1) is 0 Å². The lowest BCUT2D eigenvalue weighted by Gasteiger charge is -2.29. The molecule has 4 rings (SSSR count). The second-order valence-corrected chi connectivity index (χ2v) is 8.85. The van der Waals surface area contributed by atoms with Crippen LogP contribution in [-0.2, 0) is 11.8 Å². The fourth-order valence-corrected chi connectivity index (χ4v) is 4.54. The van der Waals surface area contributed by atoms with Gasteiger partial charge in [0.2, 0.25) is 0 Å². The number of fused-ring (bicyclic) bond motifs is 3. The molecule has 1 unspecified atom stereocenters. The summed E-state index contributed by atoms with van der Waals surface area (Å²) in [6, 6.07) is 11.4. The first-order valence-corrected chi connectivity index (χ1v) is 10.4. The van der Waals surface area contributed by atoms with Crippen LogP contribution in [-0.4, -0.2) is 18.6 Å². The maximum Gasteiger partial charge on any atom is 0.124 e. The molecule has 3 nitrogen and oxygen atoms in total. The molecule has 0 amide bonds. The number of aryl methyl sites for hydroxylation is 2. The minimum absolute atomic E-state index is 0.124. The fraction of sp³-hybridized carbons (Fsp3) is 0.440. The Bertz CT molecular complexity index is 1030. The van der Waals surface area contributed by atoms with Crippen LogP contribution in [0.4, 0.5) is 0 Å². The van der Waals surface area contributed by atoms with Gasteiger partial charge < -0.3 is 15.0 Å². The summed E-state index contributed by atoms with van der Waals surface area (Å²) in [5.74, 6) is 0.951. The van der Waals surface area contributed by atoms with Crippen LogP contribution in [0.25, 0.3) is 10.9 Å². The van der Waals surface area contributed by atoms with Gasteiger partial charge in [0.15, 0.2) is 0 Å². The third-order valence-corrected chi connectivity index (χ3v) is 6.61. The standard InChI is InChI=1S/C25H32N2O/c1-7-25(4,5)17-8-9-21(28-6)20(14-17)23-24-18(10-11-26-23)19-13-15(2)12-16(3)22(19)27-24/h8-9,12-14,23,26-27H,7,10-11H2,1-6H3. The fourth-order valence-electron chi connectivity index (χ4n) is 4.54. The van der Waals surface area contributed by atoms with Gasteiger partial charge in [0.25, 0.3) is 0 Å². The highest BCUT2D eigenvalue weighted by molar-refractivity contribution is 5.88. The van der Waals surface area contributed by atoms with Crippen molar-refractivity contribution in [2.75, 3.05) is 13.7 Å². The van der Waals surface area contributed by atoms with Crippen molar-refractivity contribution in [3.8, 4) is 5.75 Å². The van der Waals surface area contributed by atoms with Crippen molar-refractivity contribution in [3.63, 3.8) is 0 Å². The third kappa shape index (κ3) is 3.02. The van der Waals surface area contributed by atoms with Crippen molar-refractivity contribution >= 4 is 10.9 Å². The SMILES string of the molecule is CCC(C)(C)c1ccc(OC)c(C2NCCc3c2[nH]c2c(C)cc(C)cc32)c1. The zero-order valence-corrected chi connectivity index (χ0v) is 18.0. The van der Waals surface area contributed by atoms with Gasteiger partial charge in [0.1, 0.15) is 5.75 Å². The number of methoxy groups -OCH3 is 1. The first-order chi connectivity index (χ1) is 13.4. The van der Waals surface area contributed by atoms with E-state index in [2.05, 4.69) is 75.3 Å². The van der Waals surface area contributed by atoms with Crippen LogP contribution in [0.15, 0.2) is 30.3 Å². The Hall–Kier alpha value is -2.26. The average molecular weight is 377 g/mol. The molecule has 148 valence electrons. The molecule has 2 heterocycles. The van der Waals surface area contributed by atoms with Crippen LogP contribution in [0.3, 0.4) is 0 Å². The lowest BCUT2D eigenvalue weighted by atomic mass is 9.80. The van der Waals surface area contributed by atoms with Crippen molar-refractivity contribution in [2.24, 2.45) is 0 Å². The minimum Gasteiger partial charge on any atom is -0.496 e. The van der Waals surface area contributed by atoms with Gasteiger partial charge in [0, 0.05) is 28.7 Å². The largest absolute Gasteiger partial charge is 0.496 e. The summed E-state index contributed by atoms with van der Waals surface area (Å²) in [5.41, 5.74) is 9.39. The summed E-state index contributed by atoms with van der Waals surface area (Å²) in [7, 11) is 1.77. The van der Waals surface area contributed by atoms with Crippen molar-refractivity contribution in [1.82, 2.24) is 10.3 Å². The molecule has 0 aliphatic carbocycles. The van der Waals surface area contributed by atoms with Crippen LogP contribution in [0.1, 0.15) is 66.7 Å². The molecule has 28 heavy (non-hydrogen) atoms. The Morgan fingerprint density at radius 1 is 1.14 bits per heavy atom. The Morgan fingerprint density at radius 3 is 2.64 bits per heavy atom. The Balaban J connectivity index is 1.90. The van der Waals surface area contributed by atoms with Crippen LogP contribution >= 0.6 is 0 Å². The topological polar surface area (TPSA) is 37.0 Å². The van der Waals surface area contributed by atoms with E-state index >= 15 is 0 Å². The number of H-pyrrole nitrogens is 1. The molecule has 1 aliphatic heterocycles. The molecular formula is C25H32N2O. The summed E-state index contributed by atoms with van der Waals surface area (Å²) in [5, 5.41) is 5.12. The van der Waals surface area contributed by atoms with Crippen LogP contribution in [0.5, 0.6) is 5.75 Å². The van der Waals surface area contributed by atoms with E-state index in [1.54, 1.807) is 7.11 Å². The van der Waals surface area contributed by atoms with E-state index in [0.717, 1.165) is 25.1 Å². The number of rotatable bonds is 4. The Morgan fingerprint density at radius 2 is 1.93 bits per heavy atom. The second kappa shape index (κ2) is 6.97. The molecule has 3 aromatic rings. The molecule has 0 spiro atoms. The first-order valence-electron chi connectivity index (χ1n) is 10.4. The van der Waals surface area contributed by atoms with Crippen molar-refractivity contribution in [1.29, 1.82) is 0 Å². The first kappa shape index (κ1) is 19.1. The summed E-state index contributed by atoms with van der Waals surface area (Å²) in [6.07, 6.45) is 2.16. The number of nitrogens with one attached hydrogen (secondary N) is 2. The van der Waals surface area contributed by atoms with Crippen molar-refractivity contribution in [3.05, 3.63) is 63.8 Å². The van der Waals surface area contributed by atoms with Gasteiger partial charge in [-0.05, 0) is 67.0 Å². The van der Waals surface area contributed by atoms with E-state index in [9.17, 15) is 0 Å². The van der Waals surface area contributed by atoms with E-state index in [0.29, 0.717) is 0 Å². The number of benzene rings is 2. The lowest BCUT2D eigenvalue weighted by Crippen LogP contribution is -2.31. The predicted octanol–water partition coefficient (Wildman–Crippen LogP) is 5.72. The molecule has 1 aromatic heterocycles. The lowest BCUT2D eigenvalue weighted by molar-refractivity contribution is 0.400. The smallest absolute Gasteiger partial charge is 0.124 e. The molecule has 0 saturated heterocycles. The summed E-state index contributed by atoms with van der Waals surface area (Å²) in [4.78, 5) is 3.77. The van der Waals surface area contributed by atoms with Crippen molar-refractivity contribution in [2.45, 2.75) is 58.9 Å². The number of hydrogen-bond donors (Lipinski definition) is 2. The Labute approximate surface area is 168 Å². The van der Waals surface area contributed by atoms with E-state index < -0.39 is 0 Å². The molecule has 0 bridgehead atoms. The minimum atomic E-state index is 0.124. The highest BCUT2D eigenvalue weighted by Crippen LogP contribution is 2.40. The molecule has 2 aromatic carbocycles. The number of hydrogen-bond acceptors (Lipinski definition) is 2. The van der Waals surface area contributed by atoms with Crippen LogP contribution in [0, 0.1) is 13.8 Å². The summed E-state index contributed by atoms with van der Waals surface area (Å²) >= 11 is 0. The maximum atomic E-state index is 5.78. The maximum absolute atomic E-state index is 5.78. The Kier molecular flexibility index (Phi) is 4.75. The normalized spacial score (nSPS) is 17.0. The van der Waals surface area contributed by atoms with E-state index in [4.69, 9.17) is 4.74 Å². The van der Waals surface area contributed by atoms with Gasteiger partial charge in [-0.3, -0.25) is 0 Å². The molecule has 1 atom stereocenters. The van der Waals surface area contributed by atoms with Gasteiger partial charge in [-0.2, -0.15) is 0 Å². The zero-order valence-electron chi connectivity index (χ0n) is 18.0. The number of aromatic amines is 1. The van der Waals surface area contributed by atoms with Gasteiger partial charge in [-0.1, -0.05) is 38.5 Å². The molecule has 1 aliphatic rings. The molecule has 0 radical (unpaired) electrons. The summed E-state index contributed by atoms with van der Waals surface area (Å²) < 4.78 is 5.78. The zero-order chi connectivity index (χ0) is 20.1. The molecule has 0 fully saturated rings. The van der Waals surface area contributed by atoms with Gasteiger partial charge >= 0.3 is 0 Å². The molecular weight excluding hydrogens is 344 g/mol. The monoisotopic (exact) mass is 376 g/mol. The summed E-state index contributed by atoms with van der Waals surface area (Å²) in [6.45, 7) is 12.2. The van der Waals surface area contributed by atoms with Gasteiger partial charge in [-0.25, -0.2) is 0 Å². The van der Waals surface area contributed by atoms with Crippen molar-refractivity contribution < 1.29 is 4.74 Å². The molecule has 0 saturated carbocycles. The molecule has 2 N–H and O–H groups in total. The van der Waals surface area contributed by atoms with Crippen LogP contribution in [0.2, 0.25) is 0 Å². The number of aromatic nitrogens is 1. The van der Waals surface area contributed by atoms with Crippen LogP contribution < -0.4 is 10.1 Å². The second-order valence-electron chi connectivity index (χ2n) is 8.85. The highest BCUT2D eigenvalue weighted by Gasteiger charge is 2.29. The van der Waals surface area contributed by atoms with E-state index in [-0.39, 0.29) is 11.5 Å². The highest BCUT2D eigenvalue weighted by atomic mass is 16.5. The van der Waals surface area contributed by atoms with E-state index in [1.165, 1.54) is 44.4 Å². The average Bonchev–Trinajstić information content (AvgIpc) is 3.06. The third-order valence-electron chi connectivity index (χ3n) is 6.61. The van der Waals surface area contributed by atoms with E-state index in [1.807, 2.05) is 0 Å². The molecule has 3 heteroatoms. The number of ether oxygens (including phenoxy) is 1.